The third kappa shape index (κ3) is 3.89. The number of rotatable bonds is 5. The molecule has 2 aliphatic rings. The number of primary amides is 1. The van der Waals surface area contributed by atoms with Gasteiger partial charge in [0, 0.05) is 37.7 Å². The van der Waals surface area contributed by atoms with Gasteiger partial charge >= 0.3 is 0 Å². The van der Waals surface area contributed by atoms with Crippen molar-refractivity contribution in [2.24, 2.45) is 17.6 Å². The number of carbonyl (C=O) groups excluding carboxylic acids is 3. The molecule has 0 bridgehead atoms. The lowest BCUT2D eigenvalue weighted by Crippen LogP contribution is -2.44. The number of piperidine rings is 1. The molecule has 140 valence electrons. The van der Waals surface area contributed by atoms with Gasteiger partial charge in [-0.05, 0) is 37.0 Å². The van der Waals surface area contributed by atoms with E-state index in [9.17, 15) is 14.4 Å². The Morgan fingerprint density at radius 3 is 2.35 bits per heavy atom. The molecular weight excluding hydrogens is 330 g/mol. The molecule has 2 fully saturated rings. The van der Waals surface area contributed by atoms with Gasteiger partial charge < -0.3 is 15.5 Å². The molecule has 26 heavy (non-hydrogen) atoms. The molecule has 0 aromatic heterocycles. The Morgan fingerprint density at radius 2 is 1.77 bits per heavy atom. The fourth-order valence-electron chi connectivity index (χ4n) is 3.90. The zero-order valence-corrected chi connectivity index (χ0v) is 15.3. The number of benzene rings is 1. The van der Waals surface area contributed by atoms with Gasteiger partial charge in [-0.3, -0.25) is 14.4 Å². The average Bonchev–Trinajstić information content (AvgIpc) is 3.04. The van der Waals surface area contributed by atoms with Crippen molar-refractivity contribution in [3.8, 4) is 0 Å². The predicted molar refractivity (Wildman–Crippen MR) is 99.4 cm³/mol. The fourth-order valence-corrected chi connectivity index (χ4v) is 3.90. The molecule has 6 nitrogen and oxygen atoms in total. The second-order valence-electron chi connectivity index (χ2n) is 7.32. The lowest BCUT2D eigenvalue weighted by Gasteiger charge is -2.32. The van der Waals surface area contributed by atoms with Gasteiger partial charge in [0.05, 0.1) is 5.92 Å². The van der Waals surface area contributed by atoms with E-state index < -0.39 is 0 Å². The van der Waals surface area contributed by atoms with Gasteiger partial charge in [-0.1, -0.05) is 25.5 Å². The summed E-state index contributed by atoms with van der Waals surface area (Å²) in [6.07, 6.45) is 3.60. The van der Waals surface area contributed by atoms with Crippen molar-refractivity contribution in [2.45, 2.75) is 39.0 Å². The van der Waals surface area contributed by atoms with E-state index >= 15 is 0 Å². The molecule has 1 atom stereocenters. The molecule has 1 aromatic rings. The standard InChI is InChI=1S/C20H27N3O3/c1-2-3-14-4-6-17(7-5-14)23-13-16(12-18(23)24)20(26)22-10-8-15(9-11-22)19(21)25/h4-7,15-16H,2-3,8-13H2,1H3,(H2,21,25)/t16-/m0/s1. The number of likely N-dealkylation sites (tertiary alicyclic amines) is 1. The highest BCUT2D eigenvalue weighted by atomic mass is 16.2. The van der Waals surface area contributed by atoms with E-state index in [-0.39, 0.29) is 36.0 Å². The number of amides is 3. The molecule has 2 aliphatic heterocycles. The highest BCUT2D eigenvalue weighted by Gasteiger charge is 2.38. The minimum Gasteiger partial charge on any atom is -0.369 e. The monoisotopic (exact) mass is 357 g/mol. The first kappa shape index (κ1) is 18.4. The van der Waals surface area contributed by atoms with Crippen LogP contribution >= 0.6 is 0 Å². The normalized spacial score (nSPS) is 21.3. The third-order valence-electron chi connectivity index (χ3n) is 5.47. The van der Waals surface area contributed by atoms with Crippen LogP contribution in [0.25, 0.3) is 0 Å². The van der Waals surface area contributed by atoms with Crippen LogP contribution in [0.4, 0.5) is 5.69 Å². The van der Waals surface area contributed by atoms with Crippen molar-refractivity contribution < 1.29 is 14.4 Å². The Bertz CT molecular complexity index is 678. The molecule has 2 heterocycles. The van der Waals surface area contributed by atoms with E-state index in [2.05, 4.69) is 19.1 Å². The third-order valence-corrected chi connectivity index (χ3v) is 5.47. The summed E-state index contributed by atoms with van der Waals surface area (Å²) >= 11 is 0. The van der Waals surface area contributed by atoms with Gasteiger partial charge in [0.15, 0.2) is 0 Å². The zero-order valence-electron chi connectivity index (χ0n) is 15.3. The van der Waals surface area contributed by atoms with Crippen molar-refractivity contribution >= 4 is 23.4 Å². The topological polar surface area (TPSA) is 83.7 Å². The fraction of sp³-hybridized carbons (Fsp3) is 0.550. The van der Waals surface area contributed by atoms with E-state index in [1.165, 1.54) is 5.56 Å². The number of anilines is 1. The molecule has 0 saturated carbocycles. The molecule has 2 N–H and O–H groups in total. The van der Waals surface area contributed by atoms with Crippen LogP contribution in [-0.2, 0) is 20.8 Å². The maximum absolute atomic E-state index is 12.8. The smallest absolute Gasteiger partial charge is 0.228 e. The molecule has 0 spiro atoms. The summed E-state index contributed by atoms with van der Waals surface area (Å²) in [5.74, 6) is -0.707. The highest BCUT2D eigenvalue weighted by Crippen LogP contribution is 2.28. The van der Waals surface area contributed by atoms with Crippen molar-refractivity contribution in [1.29, 1.82) is 0 Å². The van der Waals surface area contributed by atoms with E-state index in [0.29, 0.717) is 32.5 Å². The number of nitrogens with zero attached hydrogens (tertiary/aromatic N) is 2. The number of nitrogens with two attached hydrogens (primary N) is 1. The van der Waals surface area contributed by atoms with E-state index in [1.807, 2.05) is 12.1 Å². The van der Waals surface area contributed by atoms with Gasteiger partial charge in [-0.25, -0.2) is 0 Å². The van der Waals surface area contributed by atoms with Gasteiger partial charge in [0.1, 0.15) is 0 Å². The first-order valence-electron chi connectivity index (χ1n) is 9.47. The van der Waals surface area contributed by atoms with E-state index in [4.69, 9.17) is 5.73 Å². The van der Waals surface area contributed by atoms with Gasteiger partial charge in [0.25, 0.3) is 0 Å². The molecule has 0 radical (unpaired) electrons. The largest absolute Gasteiger partial charge is 0.369 e. The van der Waals surface area contributed by atoms with Crippen molar-refractivity contribution in [2.75, 3.05) is 24.5 Å². The first-order valence-corrected chi connectivity index (χ1v) is 9.47. The van der Waals surface area contributed by atoms with Crippen molar-refractivity contribution in [1.82, 2.24) is 4.90 Å². The summed E-state index contributed by atoms with van der Waals surface area (Å²) < 4.78 is 0. The van der Waals surface area contributed by atoms with Crippen LogP contribution in [-0.4, -0.2) is 42.3 Å². The molecule has 1 aromatic carbocycles. The van der Waals surface area contributed by atoms with Crippen LogP contribution < -0.4 is 10.6 Å². The number of aryl methyl sites for hydroxylation is 1. The SMILES string of the molecule is CCCc1ccc(N2C[C@@H](C(=O)N3CCC(C(N)=O)CC3)CC2=O)cc1. The van der Waals surface area contributed by atoms with Crippen LogP contribution in [0.3, 0.4) is 0 Å². The van der Waals surface area contributed by atoms with Crippen LogP contribution in [0, 0.1) is 11.8 Å². The minimum atomic E-state index is -0.303. The Morgan fingerprint density at radius 1 is 1.12 bits per heavy atom. The van der Waals surface area contributed by atoms with Crippen LogP contribution in [0.1, 0.15) is 38.2 Å². The van der Waals surface area contributed by atoms with E-state index in [1.54, 1.807) is 9.80 Å². The average molecular weight is 357 g/mol. The van der Waals surface area contributed by atoms with Gasteiger partial charge in [-0.2, -0.15) is 0 Å². The Balaban J connectivity index is 1.60. The molecule has 3 amide bonds. The Kier molecular flexibility index (Phi) is 5.59. The maximum atomic E-state index is 12.8. The molecule has 3 rings (SSSR count). The van der Waals surface area contributed by atoms with Crippen molar-refractivity contribution in [3.05, 3.63) is 29.8 Å². The van der Waals surface area contributed by atoms with Gasteiger partial charge in [-0.15, -0.1) is 0 Å². The zero-order chi connectivity index (χ0) is 18.7. The van der Waals surface area contributed by atoms with Crippen LogP contribution in [0.5, 0.6) is 0 Å². The molecule has 0 unspecified atom stereocenters. The summed E-state index contributed by atoms with van der Waals surface area (Å²) in [6.45, 7) is 3.66. The summed E-state index contributed by atoms with van der Waals surface area (Å²) in [5, 5.41) is 0. The second kappa shape index (κ2) is 7.89. The molecule has 2 saturated heterocycles. The van der Waals surface area contributed by atoms with Crippen LogP contribution in [0.2, 0.25) is 0 Å². The lowest BCUT2D eigenvalue weighted by molar-refractivity contribution is -0.138. The maximum Gasteiger partial charge on any atom is 0.228 e. The molecule has 0 aliphatic carbocycles. The lowest BCUT2D eigenvalue weighted by atomic mass is 9.95. The first-order chi connectivity index (χ1) is 12.5. The Hall–Kier alpha value is -2.37. The van der Waals surface area contributed by atoms with Crippen LogP contribution in [0.15, 0.2) is 24.3 Å². The summed E-state index contributed by atoms with van der Waals surface area (Å²) in [5.41, 5.74) is 7.46. The summed E-state index contributed by atoms with van der Waals surface area (Å²) in [6, 6.07) is 8.04. The number of hydrogen-bond donors (Lipinski definition) is 1. The predicted octanol–water partition coefficient (Wildman–Crippen LogP) is 1.72. The minimum absolute atomic E-state index is 0.00128. The summed E-state index contributed by atoms with van der Waals surface area (Å²) in [7, 11) is 0. The highest BCUT2D eigenvalue weighted by molar-refractivity contribution is 6.00. The quantitative estimate of drug-likeness (QED) is 0.871. The van der Waals surface area contributed by atoms with E-state index in [0.717, 1.165) is 18.5 Å². The number of hydrogen-bond acceptors (Lipinski definition) is 3. The van der Waals surface area contributed by atoms with Crippen molar-refractivity contribution in [3.63, 3.8) is 0 Å². The van der Waals surface area contributed by atoms with Gasteiger partial charge in [0.2, 0.25) is 17.7 Å². The number of carbonyl (C=O) groups is 3. The molecular formula is C20H27N3O3. The summed E-state index contributed by atoms with van der Waals surface area (Å²) in [4.78, 5) is 39.9. The Labute approximate surface area is 154 Å². The molecule has 6 heteroatoms. The second-order valence-corrected chi connectivity index (χ2v) is 7.32.